The molecule has 0 unspecified atom stereocenters. The van der Waals surface area contributed by atoms with Crippen molar-refractivity contribution in [2.45, 2.75) is 19.8 Å². The smallest absolute Gasteiger partial charge is 0.205 e. The summed E-state index contributed by atoms with van der Waals surface area (Å²) in [6.45, 7) is 4.88. The lowest BCUT2D eigenvalue weighted by Gasteiger charge is -2.09. The van der Waals surface area contributed by atoms with E-state index >= 15 is 0 Å². The van der Waals surface area contributed by atoms with Gasteiger partial charge < -0.3 is 14.6 Å². The number of rotatable bonds is 8. The molecule has 0 aliphatic rings. The van der Waals surface area contributed by atoms with Gasteiger partial charge in [-0.05, 0) is 13.3 Å². The molecule has 7 nitrogen and oxygen atoms in total. The van der Waals surface area contributed by atoms with Crippen LogP contribution in [0.4, 0.5) is 0 Å². The Morgan fingerprint density at radius 3 is 3.05 bits per heavy atom. The van der Waals surface area contributed by atoms with Gasteiger partial charge in [0, 0.05) is 52.2 Å². The second kappa shape index (κ2) is 9.35. The molecule has 0 atom stereocenters. The van der Waals surface area contributed by atoms with Crippen LogP contribution in [0.3, 0.4) is 0 Å². The lowest BCUT2D eigenvalue weighted by Crippen LogP contribution is -2.42. The van der Waals surface area contributed by atoms with Crippen LogP contribution in [0, 0.1) is 0 Å². The Bertz CT molecular complexity index is 376. The third kappa shape index (κ3) is 6.21. The number of aliphatic imine (C=N–C) groups is 1. The average molecular weight is 268 g/mol. The molecule has 1 rings (SSSR count). The molecule has 1 aromatic rings. The number of guanidine groups is 1. The highest BCUT2D eigenvalue weighted by Crippen LogP contribution is 1.93. The van der Waals surface area contributed by atoms with Crippen LogP contribution in [0.5, 0.6) is 0 Å². The van der Waals surface area contributed by atoms with Gasteiger partial charge in [0.05, 0.1) is 0 Å². The van der Waals surface area contributed by atoms with Crippen LogP contribution in [0.1, 0.15) is 19.2 Å². The molecule has 0 aliphatic heterocycles. The summed E-state index contributed by atoms with van der Waals surface area (Å²) in [5.74, 6) is 7.04. The van der Waals surface area contributed by atoms with Crippen molar-refractivity contribution in [1.29, 1.82) is 0 Å². The number of nitrogens with two attached hydrogens (primary N) is 1. The minimum absolute atomic E-state index is 0.603. The molecule has 0 radical (unpaired) electrons. The van der Waals surface area contributed by atoms with E-state index < -0.39 is 0 Å². The molecule has 4 N–H and O–H groups in total. The second-order valence-electron chi connectivity index (χ2n) is 4.06. The van der Waals surface area contributed by atoms with Gasteiger partial charge in [-0.25, -0.2) is 10.8 Å². The molecule has 0 aliphatic carbocycles. The fourth-order valence-electron chi connectivity index (χ4n) is 1.58. The van der Waals surface area contributed by atoms with Gasteiger partial charge in [-0.3, -0.25) is 10.4 Å². The van der Waals surface area contributed by atoms with E-state index in [0.717, 1.165) is 38.4 Å². The van der Waals surface area contributed by atoms with Crippen molar-refractivity contribution in [3.8, 4) is 0 Å². The van der Waals surface area contributed by atoms with Crippen LogP contribution in [0.2, 0.25) is 0 Å². The Morgan fingerprint density at radius 1 is 1.58 bits per heavy atom. The van der Waals surface area contributed by atoms with Gasteiger partial charge in [0.1, 0.15) is 5.82 Å². The molecule has 0 saturated heterocycles. The first-order valence-corrected chi connectivity index (χ1v) is 6.56. The third-order valence-corrected chi connectivity index (χ3v) is 2.62. The van der Waals surface area contributed by atoms with Crippen molar-refractivity contribution >= 4 is 5.96 Å². The van der Waals surface area contributed by atoms with Crippen molar-refractivity contribution in [3.63, 3.8) is 0 Å². The number of aromatic nitrogens is 2. The van der Waals surface area contributed by atoms with Crippen LogP contribution in [0.25, 0.3) is 0 Å². The van der Waals surface area contributed by atoms with Gasteiger partial charge in [-0.15, -0.1) is 0 Å². The minimum atomic E-state index is 0.603. The van der Waals surface area contributed by atoms with E-state index in [4.69, 9.17) is 10.6 Å². The summed E-state index contributed by atoms with van der Waals surface area (Å²) in [6, 6.07) is 0. The SMILES string of the molecule is CCOCCCN=C(NN)NCCc1nccn1C. The minimum Gasteiger partial charge on any atom is -0.382 e. The fraction of sp³-hybridized carbons (Fsp3) is 0.667. The van der Waals surface area contributed by atoms with E-state index in [1.54, 1.807) is 6.20 Å². The first-order chi connectivity index (χ1) is 9.27. The predicted molar refractivity (Wildman–Crippen MR) is 75.6 cm³/mol. The van der Waals surface area contributed by atoms with E-state index in [2.05, 4.69) is 20.7 Å². The van der Waals surface area contributed by atoms with Gasteiger partial charge in [0.15, 0.2) is 0 Å². The molecule has 0 bridgehead atoms. The zero-order valence-electron chi connectivity index (χ0n) is 11.7. The number of hydrogen-bond acceptors (Lipinski definition) is 4. The van der Waals surface area contributed by atoms with E-state index in [9.17, 15) is 0 Å². The molecule has 108 valence electrons. The molecule has 19 heavy (non-hydrogen) atoms. The molecule has 0 amide bonds. The number of hydrogen-bond donors (Lipinski definition) is 3. The lowest BCUT2D eigenvalue weighted by molar-refractivity contribution is 0.146. The Morgan fingerprint density at radius 2 is 2.42 bits per heavy atom. The van der Waals surface area contributed by atoms with Gasteiger partial charge in [0.2, 0.25) is 5.96 Å². The maximum Gasteiger partial charge on any atom is 0.205 e. The van der Waals surface area contributed by atoms with Crippen LogP contribution in [-0.4, -0.2) is 41.8 Å². The molecule has 0 fully saturated rings. The van der Waals surface area contributed by atoms with Crippen molar-refractivity contribution in [2.24, 2.45) is 17.9 Å². The number of nitrogens with one attached hydrogen (secondary N) is 2. The number of aryl methyl sites for hydroxylation is 1. The molecule has 0 spiro atoms. The summed E-state index contributed by atoms with van der Waals surface area (Å²) >= 11 is 0. The largest absolute Gasteiger partial charge is 0.382 e. The molecule has 1 aromatic heterocycles. The maximum absolute atomic E-state index is 5.41. The first kappa shape index (κ1) is 15.5. The molecular formula is C12H24N6O. The Balaban J connectivity index is 2.20. The quantitative estimate of drug-likeness (QED) is 0.200. The average Bonchev–Trinajstić information content (AvgIpc) is 2.82. The van der Waals surface area contributed by atoms with Crippen molar-refractivity contribution in [1.82, 2.24) is 20.3 Å². The predicted octanol–water partition coefficient (Wildman–Crippen LogP) is -0.202. The lowest BCUT2D eigenvalue weighted by atomic mass is 10.4. The zero-order chi connectivity index (χ0) is 13.9. The second-order valence-corrected chi connectivity index (χ2v) is 4.06. The standard InChI is InChI=1S/C12H24N6O/c1-3-19-10-4-6-15-12(17-13)16-7-5-11-14-8-9-18(11)2/h8-9H,3-7,10,13H2,1-2H3,(H2,15,16,17). The van der Waals surface area contributed by atoms with Crippen LogP contribution in [-0.2, 0) is 18.2 Å². The molecule has 0 aromatic carbocycles. The molecule has 0 saturated carbocycles. The summed E-state index contributed by atoms with van der Waals surface area (Å²) in [5, 5.41) is 3.15. The van der Waals surface area contributed by atoms with E-state index in [1.807, 2.05) is 24.7 Å². The van der Waals surface area contributed by atoms with Crippen LogP contribution in [0.15, 0.2) is 17.4 Å². The number of ether oxygens (including phenoxy) is 1. The Labute approximate surface area is 114 Å². The Hall–Kier alpha value is -1.60. The summed E-state index contributed by atoms with van der Waals surface area (Å²) in [4.78, 5) is 8.57. The monoisotopic (exact) mass is 268 g/mol. The van der Waals surface area contributed by atoms with E-state index in [1.165, 1.54) is 0 Å². The highest BCUT2D eigenvalue weighted by molar-refractivity contribution is 5.79. The normalized spacial score (nSPS) is 11.6. The summed E-state index contributed by atoms with van der Waals surface area (Å²) in [7, 11) is 1.98. The third-order valence-electron chi connectivity index (χ3n) is 2.62. The van der Waals surface area contributed by atoms with Crippen LogP contribution < -0.4 is 16.6 Å². The molecular weight excluding hydrogens is 244 g/mol. The van der Waals surface area contributed by atoms with E-state index in [0.29, 0.717) is 12.5 Å². The number of nitrogens with zero attached hydrogens (tertiary/aromatic N) is 3. The number of imidazole rings is 1. The topological polar surface area (TPSA) is 89.5 Å². The van der Waals surface area contributed by atoms with E-state index in [-0.39, 0.29) is 0 Å². The first-order valence-electron chi connectivity index (χ1n) is 6.56. The van der Waals surface area contributed by atoms with Crippen molar-refractivity contribution in [3.05, 3.63) is 18.2 Å². The van der Waals surface area contributed by atoms with Gasteiger partial charge in [0.25, 0.3) is 0 Å². The zero-order valence-corrected chi connectivity index (χ0v) is 11.7. The van der Waals surface area contributed by atoms with Crippen molar-refractivity contribution in [2.75, 3.05) is 26.3 Å². The molecule has 7 heteroatoms. The van der Waals surface area contributed by atoms with Crippen LogP contribution >= 0.6 is 0 Å². The van der Waals surface area contributed by atoms with Gasteiger partial charge in [-0.1, -0.05) is 0 Å². The fourth-order valence-corrected chi connectivity index (χ4v) is 1.58. The highest BCUT2D eigenvalue weighted by atomic mass is 16.5. The highest BCUT2D eigenvalue weighted by Gasteiger charge is 2.00. The number of hydrazine groups is 1. The van der Waals surface area contributed by atoms with Gasteiger partial charge >= 0.3 is 0 Å². The van der Waals surface area contributed by atoms with Gasteiger partial charge in [-0.2, -0.15) is 0 Å². The molecule has 1 heterocycles. The summed E-state index contributed by atoms with van der Waals surface area (Å²) < 4.78 is 7.24. The van der Waals surface area contributed by atoms with Crippen molar-refractivity contribution < 1.29 is 4.74 Å². The maximum atomic E-state index is 5.41. The summed E-state index contributed by atoms with van der Waals surface area (Å²) in [5.41, 5.74) is 2.56. The Kier molecular flexibility index (Phi) is 7.60. The summed E-state index contributed by atoms with van der Waals surface area (Å²) in [6.07, 6.45) is 5.43.